The Balaban J connectivity index is 2.13. The first kappa shape index (κ1) is 13.8. The number of fused-ring (bicyclic) bond motifs is 1. The summed E-state index contributed by atoms with van der Waals surface area (Å²) >= 11 is 0. The molecule has 110 valence electrons. The van der Waals surface area contributed by atoms with E-state index in [9.17, 15) is 14.7 Å². The van der Waals surface area contributed by atoms with Crippen LogP contribution in [0.1, 0.15) is 18.4 Å². The van der Waals surface area contributed by atoms with Crippen molar-refractivity contribution in [3.63, 3.8) is 0 Å². The second kappa shape index (κ2) is 5.33. The minimum atomic E-state index is -0.797. The Morgan fingerprint density at radius 2 is 2.18 bits per heavy atom. The first-order chi connectivity index (χ1) is 10.6. The molecule has 3 rings (SSSR count). The van der Waals surface area contributed by atoms with Gasteiger partial charge in [-0.25, -0.2) is 4.98 Å². The van der Waals surface area contributed by atoms with Gasteiger partial charge in [0.05, 0.1) is 11.6 Å². The van der Waals surface area contributed by atoms with Crippen LogP contribution in [-0.4, -0.2) is 26.5 Å². The van der Waals surface area contributed by atoms with Crippen molar-refractivity contribution in [3.8, 4) is 6.07 Å². The number of aromatic nitrogens is 2. The average Bonchev–Trinajstić information content (AvgIpc) is 2.98. The Bertz CT molecular complexity index is 857. The van der Waals surface area contributed by atoms with Crippen LogP contribution in [0.25, 0.3) is 16.6 Å². The fourth-order valence-corrected chi connectivity index (χ4v) is 2.52. The van der Waals surface area contributed by atoms with Crippen molar-refractivity contribution < 1.29 is 14.7 Å². The molecule has 0 fully saturated rings. The maximum Gasteiger partial charge on any atom is 0.293 e. The van der Waals surface area contributed by atoms with Crippen molar-refractivity contribution in [1.82, 2.24) is 14.9 Å². The Kier molecular flexibility index (Phi) is 3.35. The average molecular weight is 296 g/mol. The number of imide groups is 1. The summed E-state index contributed by atoms with van der Waals surface area (Å²) in [5, 5.41) is 21.2. The Hall–Kier alpha value is -3.14. The highest BCUT2D eigenvalue weighted by molar-refractivity contribution is 6.36. The Labute approximate surface area is 125 Å². The van der Waals surface area contributed by atoms with Crippen LogP contribution >= 0.6 is 0 Å². The number of amides is 2. The van der Waals surface area contributed by atoms with Gasteiger partial charge in [-0.2, -0.15) is 5.26 Å². The number of aryl methyl sites for hydroxylation is 1. The normalized spacial score (nSPS) is 14.5. The highest BCUT2D eigenvalue weighted by Gasteiger charge is 2.33. The Morgan fingerprint density at radius 3 is 2.86 bits per heavy atom. The molecule has 0 saturated heterocycles. The van der Waals surface area contributed by atoms with E-state index in [4.69, 9.17) is 5.26 Å². The lowest BCUT2D eigenvalue weighted by molar-refractivity contribution is -0.124. The smallest absolute Gasteiger partial charge is 0.293 e. The highest BCUT2D eigenvalue weighted by atomic mass is 16.3. The zero-order valence-corrected chi connectivity index (χ0v) is 11.5. The van der Waals surface area contributed by atoms with Crippen LogP contribution in [-0.2, 0) is 16.1 Å². The largest absolute Gasteiger partial charge is 0.502 e. The molecular formula is C15H12N4O3. The molecule has 2 aromatic rings. The summed E-state index contributed by atoms with van der Waals surface area (Å²) in [6.07, 6.45) is 4.36. The molecule has 2 aromatic heterocycles. The van der Waals surface area contributed by atoms with E-state index in [2.05, 4.69) is 16.4 Å². The van der Waals surface area contributed by atoms with Crippen LogP contribution in [0.2, 0.25) is 0 Å². The highest BCUT2D eigenvalue weighted by Crippen LogP contribution is 2.30. The van der Waals surface area contributed by atoms with Crippen molar-refractivity contribution in [1.29, 1.82) is 5.26 Å². The van der Waals surface area contributed by atoms with Crippen LogP contribution < -0.4 is 5.32 Å². The van der Waals surface area contributed by atoms with Crippen molar-refractivity contribution in [3.05, 3.63) is 35.8 Å². The lowest BCUT2D eigenvalue weighted by atomic mass is 10.1. The predicted octanol–water partition coefficient (Wildman–Crippen LogP) is 1.27. The van der Waals surface area contributed by atoms with Gasteiger partial charge >= 0.3 is 0 Å². The third-order valence-electron chi connectivity index (χ3n) is 3.50. The topological polar surface area (TPSA) is 108 Å². The molecule has 0 aliphatic carbocycles. The number of aliphatic hydroxyl groups is 1. The van der Waals surface area contributed by atoms with Gasteiger partial charge in [0.15, 0.2) is 5.76 Å². The molecule has 7 nitrogen and oxygen atoms in total. The van der Waals surface area contributed by atoms with Crippen LogP contribution in [0.5, 0.6) is 0 Å². The number of carbonyl (C=O) groups is 2. The number of rotatable bonds is 4. The van der Waals surface area contributed by atoms with Crippen LogP contribution in [0.3, 0.4) is 0 Å². The number of aliphatic hydroxyl groups excluding tert-OH is 1. The van der Waals surface area contributed by atoms with Gasteiger partial charge in [-0.3, -0.25) is 14.9 Å². The molecule has 0 unspecified atom stereocenters. The third-order valence-corrected chi connectivity index (χ3v) is 3.50. The zero-order valence-electron chi connectivity index (χ0n) is 11.5. The van der Waals surface area contributed by atoms with E-state index < -0.39 is 17.6 Å². The number of nitrogens with one attached hydrogen (secondary N) is 1. The van der Waals surface area contributed by atoms with E-state index in [0.717, 1.165) is 0 Å². The molecule has 0 spiro atoms. The summed E-state index contributed by atoms with van der Waals surface area (Å²) in [5.74, 6) is -2.00. The SMILES string of the molecule is N#CCCCn1cc(C2=C(O)C(=O)NC2=O)c2cccnc21. The van der Waals surface area contributed by atoms with Crippen LogP contribution in [0, 0.1) is 11.3 Å². The summed E-state index contributed by atoms with van der Waals surface area (Å²) < 4.78 is 1.82. The maximum absolute atomic E-state index is 11.9. The summed E-state index contributed by atoms with van der Waals surface area (Å²) in [4.78, 5) is 27.6. The van der Waals surface area contributed by atoms with Gasteiger partial charge in [-0.05, 0) is 18.6 Å². The second-order valence-electron chi connectivity index (χ2n) is 4.88. The van der Waals surface area contributed by atoms with Gasteiger partial charge < -0.3 is 9.67 Å². The molecule has 2 amide bonds. The van der Waals surface area contributed by atoms with E-state index in [1.54, 1.807) is 24.5 Å². The number of nitriles is 1. The first-order valence-corrected chi connectivity index (χ1v) is 6.73. The molecule has 0 radical (unpaired) electrons. The minimum absolute atomic E-state index is 0.0398. The molecule has 0 atom stereocenters. The molecule has 0 aromatic carbocycles. The summed E-state index contributed by atoms with van der Waals surface area (Å²) in [6.45, 7) is 0.560. The number of unbranched alkanes of at least 4 members (excludes halogenated alkanes) is 1. The van der Waals surface area contributed by atoms with E-state index in [1.165, 1.54) is 0 Å². The molecule has 3 heterocycles. The van der Waals surface area contributed by atoms with Gasteiger partial charge in [0.25, 0.3) is 11.8 Å². The lowest BCUT2D eigenvalue weighted by Gasteiger charge is -2.01. The van der Waals surface area contributed by atoms with Crippen LogP contribution in [0.4, 0.5) is 0 Å². The fourth-order valence-electron chi connectivity index (χ4n) is 2.52. The lowest BCUT2D eigenvalue weighted by Crippen LogP contribution is -2.22. The quantitative estimate of drug-likeness (QED) is 0.652. The second-order valence-corrected chi connectivity index (χ2v) is 4.88. The maximum atomic E-state index is 11.9. The van der Waals surface area contributed by atoms with Gasteiger partial charge in [-0.1, -0.05) is 0 Å². The monoisotopic (exact) mass is 296 g/mol. The summed E-state index contributed by atoms with van der Waals surface area (Å²) in [6, 6.07) is 5.57. The molecule has 7 heteroatoms. The van der Waals surface area contributed by atoms with E-state index >= 15 is 0 Å². The van der Waals surface area contributed by atoms with Crippen LogP contribution in [0.15, 0.2) is 30.3 Å². The van der Waals surface area contributed by atoms with Crippen molar-refractivity contribution in [2.75, 3.05) is 0 Å². The minimum Gasteiger partial charge on any atom is -0.502 e. The van der Waals surface area contributed by atoms with E-state index in [1.807, 2.05) is 4.57 Å². The third kappa shape index (κ3) is 2.11. The van der Waals surface area contributed by atoms with Crippen molar-refractivity contribution in [2.24, 2.45) is 0 Å². The number of hydrogen-bond acceptors (Lipinski definition) is 5. The van der Waals surface area contributed by atoms with E-state index in [-0.39, 0.29) is 5.57 Å². The van der Waals surface area contributed by atoms with Crippen molar-refractivity contribution >= 4 is 28.4 Å². The molecule has 0 bridgehead atoms. The number of pyridine rings is 1. The van der Waals surface area contributed by atoms with Gasteiger partial charge in [0.1, 0.15) is 5.65 Å². The molecule has 2 N–H and O–H groups in total. The summed E-state index contributed by atoms with van der Waals surface area (Å²) in [7, 11) is 0. The number of carbonyl (C=O) groups excluding carboxylic acids is 2. The molecular weight excluding hydrogens is 284 g/mol. The van der Waals surface area contributed by atoms with Gasteiger partial charge in [0.2, 0.25) is 0 Å². The van der Waals surface area contributed by atoms with Gasteiger partial charge in [-0.15, -0.1) is 0 Å². The number of nitrogens with zero attached hydrogens (tertiary/aromatic N) is 3. The van der Waals surface area contributed by atoms with E-state index in [0.29, 0.717) is 36.0 Å². The number of hydrogen-bond donors (Lipinski definition) is 2. The van der Waals surface area contributed by atoms with Crippen molar-refractivity contribution in [2.45, 2.75) is 19.4 Å². The van der Waals surface area contributed by atoms with Gasteiger partial charge in [0, 0.05) is 36.3 Å². The fraction of sp³-hybridized carbons (Fsp3) is 0.200. The first-order valence-electron chi connectivity index (χ1n) is 6.73. The zero-order chi connectivity index (χ0) is 15.7. The standard InChI is InChI=1S/C15H12N4O3/c16-5-1-2-7-19-8-10(9-4-3-6-17-13(9)19)11-12(20)15(22)18-14(11)21/h3-4,6,8H,1-2,7H2,(H2,18,20,21,22). The molecule has 1 aliphatic rings. The molecule has 22 heavy (non-hydrogen) atoms. The summed E-state index contributed by atoms with van der Waals surface area (Å²) in [5.41, 5.74) is 1.06. The molecule has 0 saturated carbocycles. The Morgan fingerprint density at radius 1 is 1.36 bits per heavy atom. The molecule has 1 aliphatic heterocycles. The predicted molar refractivity (Wildman–Crippen MR) is 77.3 cm³/mol.